The van der Waals surface area contributed by atoms with Gasteiger partial charge in [-0.2, -0.15) is 0 Å². The van der Waals surface area contributed by atoms with Crippen LogP contribution < -0.4 is 14.8 Å². The van der Waals surface area contributed by atoms with Gasteiger partial charge in [0.15, 0.2) is 0 Å². The average molecular weight is 420 g/mol. The minimum absolute atomic E-state index is 0.572. The van der Waals surface area contributed by atoms with Crippen LogP contribution in [0.1, 0.15) is 29.7 Å². The summed E-state index contributed by atoms with van der Waals surface area (Å²) >= 11 is 0. The van der Waals surface area contributed by atoms with E-state index in [1.807, 2.05) is 48.5 Å². The van der Waals surface area contributed by atoms with Gasteiger partial charge in [0, 0.05) is 24.7 Å². The molecule has 2 N–H and O–H groups in total. The third-order valence-electron chi connectivity index (χ3n) is 5.91. The average Bonchev–Trinajstić information content (AvgIpc) is 2.84. The van der Waals surface area contributed by atoms with E-state index in [4.69, 9.17) is 14.2 Å². The monoisotopic (exact) mass is 419 g/mol. The van der Waals surface area contributed by atoms with Gasteiger partial charge in [0.1, 0.15) is 17.1 Å². The van der Waals surface area contributed by atoms with Crippen LogP contribution in [0.15, 0.2) is 66.7 Å². The summed E-state index contributed by atoms with van der Waals surface area (Å²) in [5.41, 5.74) is 4.10. The second kappa shape index (κ2) is 9.10. The van der Waals surface area contributed by atoms with Crippen molar-refractivity contribution in [3.8, 4) is 22.6 Å². The summed E-state index contributed by atoms with van der Waals surface area (Å²) in [7, 11) is 3.31. The highest BCUT2D eigenvalue weighted by molar-refractivity contribution is 5.76. The van der Waals surface area contributed by atoms with Gasteiger partial charge < -0.3 is 24.6 Å². The van der Waals surface area contributed by atoms with Crippen molar-refractivity contribution in [2.24, 2.45) is 0 Å². The third kappa shape index (κ3) is 3.92. The Morgan fingerprint density at radius 2 is 1.68 bits per heavy atom. The number of aliphatic hydroxyl groups excluding tert-OH is 1. The molecule has 2 atom stereocenters. The summed E-state index contributed by atoms with van der Waals surface area (Å²) < 4.78 is 17.7. The fourth-order valence-corrected chi connectivity index (χ4v) is 4.42. The van der Waals surface area contributed by atoms with E-state index in [0.717, 1.165) is 45.9 Å². The normalized spacial score (nSPS) is 19.6. The highest BCUT2D eigenvalue weighted by Crippen LogP contribution is 2.45. The molecule has 31 heavy (non-hydrogen) atoms. The Balaban J connectivity index is 1.96. The molecule has 1 aliphatic rings. The summed E-state index contributed by atoms with van der Waals surface area (Å²) in [5.74, 6) is 1.47. The van der Waals surface area contributed by atoms with E-state index in [2.05, 4.69) is 23.5 Å². The first kappa shape index (κ1) is 21.4. The molecular weight excluding hydrogens is 390 g/mol. The van der Waals surface area contributed by atoms with Crippen LogP contribution in [0.5, 0.6) is 11.5 Å². The SMILES string of the molecule is COc1ccc(-c2ccccc2C2(c3ccccc3C(C)O)CNCCO2)c(OC)c1. The van der Waals surface area contributed by atoms with Crippen molar-refractivity contribution < 1.29 is 19.3 Å². The van der Waals surface area contributed by atoms with Crippen molar-refractivity contribution in [3.05, 3.63) is 83.4 Å². The van der Waals surface area contributed by atoms with Crippen LogP contribution in [0.25, 0.3) is 11.1 Å². The molecule has 1 saturated heterocycles. The Morgan fingerprint density at radius 3 is 2.35 bits per heavy atom. The quantitative estimate of drug-likeness (QED) is 0.624. The molecule has 0 aromatic heterocycles. The van der Waals surface area contributed by atoms with Crippen LogP contribution in [0.4, 0.5) is 0 Å². The molecule has 2 unspecified atom stereocenters. The maximum absolute atomic E-state index is 10.5. The Bertz CT molecular complexity index is 1040. The predicted octanol–water partition coefficient (Wildman–Crippen LogP) is 4.29. The standard InChI is InChI=1S/C26H29NO4/c1-18(28)20-8-4-6-10-23(20)26(17-27-14-15-31-26)24-11-7-5-9-21(24)22-13-12-19(29-2)16-25(22)30-3/h4-13,16,18,27-28H,14-15,17H2,1-3H3. The summed E-state index contributed by atoms with van der Waals surface area (Å²) in [6, 6.07) is 22.1. The van der Waals surface area contributed by atoms with Crippen molar-refractivity contribution in [1.29, 1.82) is 0 Å². The number of hydrogen-bond donors (Lipinski definition) is 2. The molecule has 0 bridgehead atoms. The van der Waals surface area contributed by atoms with Gasteiger partial charge in [0.2, 0.25) is 0 Å². The lowest BCUT2D eigenvalue weighted by atomic mass is 9.78. The Kier molecular flexibility index (Phi) is 6.28. The summed E-state index contributed by atoms with van der Waals surface area (Å²) in [4.78, 5) is 0. The molecule has 0 saturated carbocycles. The van der Waals surface area contributed by atoms with Gasteiger partial charge in [-0.3, -0.25) is 0 Å². The largest absolute Gasteiger partial charge is 0.497 e. The lowest BCUT2D eigenvalue weighted by Gasteiger charge is -2.41. The molecule has 1 fully saturated rings. The second-order valence-corrected chi connectivity index (χ2v) is 7.73. The van der Waals surface area contributed by atoms with Crippen molar-refractivity contribution in [2.45, 2.75) is 18.6 Å². The molecule has 0 aliphatic carbocycles. The first-order valence-electron chi connectivity index (χ1n) is 10.5. The van der Waals surface area contributed by atoms with Crippen LogP contribution in [0.2, 0.25) is 0 Å². The van der Waals surface area contributed by atoms with E-state index in [9.17, 15) is 5.11 Å². The Hall–Kier alpha value is -2.86. The molecule has 1 aliphatic heterocycles. The van der Waals surface area contributed by atoms with Crippen LogP contribution >= 0.6 is 0 Å². The highest BCUT2D eigenvalue weighted by Gasteiger charge is 2.41. The zero-order chi connectivity index (χ0) is 21.8. The Morgan fingerprint density at radius 1 is 0.935 bits per heavy atom. The maximum atomic E-state index is 10.5. The zero-order valence-corrected chi connectivity index (χ0v) is 18.2. The highest BCUT2D eigenvalue weighted by atomic mass is 16.5. The van der Waals surface area contributed by atoms with E-state index in [1.165, 1.54) is 0 Å². The van der Waals surface area contributed by atoms with Crippen LogP contribution in [-0.2, 0) is 10.3 Å². The van der Waals surface area contributed by atoms with Gasteiger partial charge in [-0.25, -0.2) is 0 Å². The van der Waals surface area contributed by atoms with Crippen LogP contribution in [0, 0.1) is 0 Å². The van der Waals surface area contributed by atoms with E-state index in [0.29, 0.717) is 13.2 Å². The molecule has 0 radical (unpaired) electrons. The van der Waals surface area contributed by atoms with E-state index < -0.39 is 11.7 Å². The fourth-order valence-electron chi connectivity index (χ4n) is 4.42. The van der Waals surface area contributed by atoms with Gasteiger partial charge >= 0.3 is 0 Å². The maximum Gasteiger partial charge on any atom is 0.131 e. The minimum atomic E-state index is -0.743. The molecule has 3 aromatic rings. The molecule has 162 valence electrons. The van der Waals surface area contributed by atoms with Crippen molar-refractivity contribution in [2.75, 3.05) is 33.9 Å². The summed E-state index contributed by atoms with van der Waals surface area (Å²) in [5, 5.41) is 14.0. The number of morpholine rings is 1. The van der Waals surface area contributed by atoms with E-state index in [1.54, 1.807) is 21.1 Å². The predicted molar refractivity (Wildman–Crippen MR) is 122 cm³/mol. The van der Waals surface area contributed by atoms with Gasteiger partial charge in [0.05, 0.1) is 26.9 Å². The molecule has 5 heteroatoms. The molecule has 5 nitrogen and oxygen atoms in total. The van der Waals surface area contributed by atoms with Crippen LogP contribution in [-0.4, -0.2) is 39.0 Å². The van der Waals surface area contributed by atoms with E-state index >= 15 is 0 Å². The topological polar surface area (TPSA) is 60.0 Å². The molecule has 4 rings (SSSR count). The number of benzene rings is 3. The van der Waals surface area contributed by atoms with Gasteiger partial charge in [-0.05, 0) is 41.3 Å². The van der Waals surface area contributed by atoms with Crippen molar-refractivity contribution in [1.82, 2.24) is 5.32 Å². The minimum Gasteiger partial charge on any atom is -0.497 e. The number of hydrogen-bond acceptors (Lipinski definition) is 5. The van der Waals surface area contributed by atoms with Gasteiger partial charge in [-0.15, -0.1) is 0 Å². The number of nitrogens with one attached hydrogen (secondary N) is 1. The first-order valence-corrected chi connectivity index (χ1v) is 10.5. The second-order valence-electron chi connectivity index (χ2n) is 7.73. The first-order chi connectivity index (χ1) is 15.1. The number of rotatable bonds is 6. The number of methoxy groups -OCH3 is 2. The third-order valence-corrected chi connectivity index (χ3v) is 5.91. The molecule has 0 amide bonds. The fraction of sp³-hybridized carbons (Fsp3) is 0.308. The number of ether oxygens (including phenoxy) is 3. The summed E-state index contributed by atoms with van der Waals surface area (Å²) in [6.45, 7) is 3.75. The zero-order valence-electron chi connectivity index (χ0n) is 18.2. The van der Waals surface area contributed by atoms with Gasteiger partial charge in [-0.1, -0.05) is 48.5 Å². The molecular formula is C26H29NO4. The molecule has 3 aromatic carbocycles. The van der Waals surface area contributed by atoms with Crippen molar-refractivity contribution in [3.63, 3.8) is 0 Å². The lowest BCUT2D eigenvalue weighted by molar-refractivity contribution is -0.0416. The van der Waals surface area contributed by atoms with Gasteiger partial charge in [0.25, 0.3) is 0 Å². The molecule has 1 heterocycles. The molecule has 0 spiro atoms. The van der Waals surface area contributed by atoms with Crippen molar-refractivity contribution >= 4 is 0 Å². The Labute approximate surface area is 183 Å². The smallest absolute Gasteiger partial charge is 0.131 e. The van der Waals surface area contributed by atoms with E-state index in [-0.39, 0.29) is 0 Å². The lowest BCUT2D eigenvalue weighted by Crippen LogP contribution is -2.49. The summed E-state index contributed by atoms with van der Waals surface area (Å²) in [6.07, 6.45) is -0.610. The van der Waals surface area contributed by atoms with Crippen LogP contribution in [0.3, 0.4) is 0 Å². The number of aliphatic hydroxyl groups is 1.